The number of halogens is 2. The molecular weight excluding hydrogens is 541 g/mol. The number of methoxy groups -OCH3 is 1. The number of nitrogens with one attached hydrogen (secondary N) is 1. The Labute approximate surface area is 222 Å². The zero-order chi connectivity index (χ0) is 26.9. The summed E-state index contributed by atoms with van der Waals surface area (Å²) in [6.07, 6.45) is 0. The highest BCUT2D eigenvalue weighted by atomic mass is 35.5. The van der Waals surface area contributed by atoms with E-state index in [-0.39, 0.29) is 27.5 Å². The van der Waals surface area contributed by atoms with Crippen molar-refractivity contribution in [2.45, 2.75) is 11.8 Å². The van der Waals surface area contributed by atoms with E-state index >= 15 is 0 Å². The number of phenols is 1. The molecule has 4 aromatic carbocycles. The molecule has 0 saturated carbocycles. The van der Waals surface area contributed by atoms with Gasteiger partial charge in [-0.25, -0.2) is 0 Å². The molecule has 0 aliphatic carbocycles. The normalized spacial score (nSPS) is 11.7. The number of anilines is 1. The van der Waals surface area contributed by atoms with Gasteiger partial charge in [0.1, 0.15) is 16.3 Å². The molecule has 37 heavy (non-hydrogen) atoms. The van der Waals surface area contributed by atoms with Crippen LogP contribution in [0.2, 0.25) is 10.0 Å². The largest absolute Gasteiger partial charge is 0.505 e. The Bertz CT molecular complexity index is 1690. The fourth-order valence-electron chi connectivity index (χ4n) is 3.61. The minimum atomic E-state index is -4.53. The van der Waals surface area contributed by atoms with E-state index in [0.29, 0.717) is 27.2 Å². The predicted molar refractivity (Wildman–Crippen MR) is 142 cm³/mol. The number of aromatic hydroxyl groups is 1. The summed E-state index contributed by atoms with van der Waals surface area (Å²) in [5, 5.41) is 23.4. The van der Waals surface area contributed by atoms with E-state index in [4.69, 9.17) is 27.9 Å². The SMILES string of the molecule is COc1cc(Cl)ccc1NC(=O)c1cc2ccccc2c(N=Nc2ccc(S(=O)(=O)O)c(Cl)c2C)c1O. The topological polar surface area (TPSA) is 138 Å². The Morgan fingerprint density at radius 3 is 2.46 bits per heavy atom. The van der Waals surface area contributed by atoms with E-state index in [2.05, 4.69) is 15.5 Å². The monoisotopic (exact) mass is 559 g/mol. The van der Waals surface area contributed by atoms with Crippen molar-refractivity contribution < 1.29 is 27.6 Å². The minimum Gasteiger partial charge on any atom is -0.505 e. The first kappa shape index (κ1) is 26.4. The lowest BCUT2D eigenvalue weighted by Crippen LogP contribution is -2.13. The summed E-state index contributed by atoms with van der Waals surface area (Å²) < 4.78 is 37.6. The van der Waals surface area contributed by atoms with E-state index in [1.165, 1.54) is 32.2 Å². The summed E-state index contributed by atoms with van der Waals surface area (Å²) >= 11 is 12.1. The molecule has 0 saturated heterocycles. The van der Waals surface area contributed by atoms with Gasteiger partial charge in [0.15, 0.2) is 5.75 Å². The Kier molecular flexibility index (Phi) is 7.37. The second-order valence-electron chi connectivity index (χ2n) is 7.84. The van der Waals surface area contributed by atoms with Crippen LogP contribution in [0, 0.1) is 6.92 Å². The molecule has 1 amide bonds. The fourth-order valence-corrected chi connectivity index (χ4v) is 4.85. The number of azo groups is 1. The molecule has 0 unspecified atom stereocenters. The third kappa shape index (κ3) is 5.37. The van der Waals surface area contributed by atoms with E-state index in [1.54, 1.807) is 36.4 Å². The van der Waals surface area contributed by atoms with E-state index in [9.17, 15) is 22.9 Å². The van der Waals surface area contributed by atoms with E-state index in [0.717, 1.165) is 6.07 Å². The molecular formula is C25H19Cl2N3O6S. The Morgan fingerprint density at radius 1 is 1.03 bits per heavy atom. The molecule has 3 N–H and O–H groups in total. The zero-order valence-corrected chi connectivity index (χ0v) is 21.7. The molecule has 0 aliphatic heterocycles. The van der Waals surface area contributed by atoms with Crippen molar-refractivity contribution in [1.29, 1.82) is 0 Å². The molecule has 0 heterocycles. The van der Waals surface area contributed by atoms with Gasteiger partial charge in [0, 0.05) is 16.5 Å². The van der Waals surface area contributed by atoms with Crippen LogP contribution in [0.3, 0.4) is 0 Å². The summed E-state index contributed by atoms with van der Waals surface area (Å²) in [7, 11) is -3.09. The van der Waals surface area contributed by atoms with E-state index < -0.39 is 26.7 Å². The average molecular weight is 560 g/mol. The summed E-state index contributed by atoms with van der Waals surface area (Å²) in [5.74, 6) is -0.718. The molecule has 0 radical (unpaired) electrons. The van der Waals surface area contributed by atoms with Crippen LogP contribution in [-0.4, -0.2) is 31.1 Å². The van der Waals surface area contributed by atoms with Crippen LogP contribution in [0.25, 0.3) is 10.8 Å². The molecule has 190 valence electrons. The van der Waals surface area contributed by atoms with Gasteiger partial charge in [-0.3, -0.25) is 9.35 Å². The standard InChI is InChI=1S/C25H19Cl2N3O6S/c1-13-18(9-10-21(22(13)27)37(33,34)35)29-30-23-16-6-4-3-5-14(16)11-17(24(23)31)25(32)28-19-8-7-15(26)12-20(19)36-2/h3-12,31H,1-2H3,(H,28,32)(H,33,34,35). The van der Waals surface area contributed by atoms with Crippen molar-refractivity contribution in [1.82, 2.24) is 0 Å². The highest BCUT2D eigenvalue weighted by molar-refractivity contribution is 7.86. The van der Waals surface area contributed by atoms with Gasteiger partial charge in [0.05, 0.1) is 29.1 Å². The minimum absolute atomic E-state index is 0.0145. The molecule has 0 aromatic heterocycles. The first-order valence-electron chi connectivity index (χ1n) is 10.6. The lowest BCUT2D eigenvalue weighted by molar-refractivity contribution is 0.102. The molecule has 12 heteroatoms. The number of fused-ring (bicyclic) bond motifs is 1. The number of hydrogen-bond donors (Lipinski definition) is 3. The number of amides is 1. The highest BCUT2D eigenvalue weighted by Crippen LogP contribution is 2.41. The number of carbonyl (C=O) groups is 1. The van der Waals surface area contributed by atoms with Crippen molar-refractivity contribution in [2.24, 2.45) is 10.2 Å². The number of benzene rings is 4. The summed E-state index contributed by atoms with van der Waals surface area (Å²) in [4.78, 5) is 12.7. The molecule has 0 bridgehead atoms. The Hall–Kier alpha value is -3.70. The summed E-state index contributed by atoms with van der Waals surface area (Å²) in [6, 6.07) is 15.6. The van der Waals surface area contributed by atoms with Gasteiger partial charge < -0.3 is 15.2 Å². The van der Waals surface area contributed by atoms with Gasteiger partial charge in [0.2, 0.25) is 0 Å². The summed E-state index contributed by atoms with van der Waals surface area (Å²) in [6.45, 7) is 1.51. The fraction of sp³-hybridized carbons (Fsp3) is 0.0800. The first-order valence-corrected chi connectivity index (χ1v) is 12.8. The van der Waals surface area contributed by atoms with Gasteiger partial charge in [0.25, 0.3) is 16.0 Å². The number of ether oxygens (including phenoxy) is 1. The van der Waals surface area contributed by atoms with Gasteiger partial charge in [-0.2, -0.15) is 13.5 Å². The maximum atomic E-state index is 13.2. The molecule has 0 aliphatic rings. The van der Waals surface area contributed by atoms with Crippen LogP contribution < -0.4 is 10.1 Å². The number of carbonyl (C=O) groups excluding carboxylic acids is 1. The van der Waals surface area contributed by atoms with Crippen LogP contribution in [0.1, 0.15) is 15.9 Å². The number of hydrogen-bond acceptors (Lipinski definition) is 7. The maximum absolute atomic E-state index is 13.2. The van der Waals surface area contributed by atoms with Gasteiger partial charge in [-0.1, -0.05) is 47.5 Å². The average Bonchev–Trinajstić information content (AvgIpc) is 2.85. The van der Waals surface area contributed by atoms with Crippen LogP contribution in [0.4, 0.5) is 17.1 Å². The molecule has 9 nitrogen and oxygen atoms in total. The van der Waals surface area contributed by atoms with E-state index in [1.807, 2.05) is 0 Å². The van der Waals surface area contributed by atoms with Gasteiger partial charge in [-0.05, 0) is 48.2 Å². The first-order chi connectivity index (χ1) is 17.5. The molecule has 0 spiro atoms. The lowest BCUT2D eigenvalue weighted by Gasteiger charge is -2.13. The molecule has 4 aromatic rings. The zero-order valence-electron chi connectivity index (χ0n) is 19.4. The molecule has 0 fully saturated rings. The predicted octanol–water partition coefficient (Wildman–Crippen LogP) is 7.08. The number of rotatable bonds is 6. The van der Waals surface area contributed by atoms with Crippen molar-refractivity contribution in [3.63, 3.8) is 0 Å². The van der Waals surface area contributed by atoms with Crippen LogP contribution in [-0.2, 0) is 10.1 Å². The number of phenolic OH excluding ortho intramolecular Hbond substituents is 1. The maximum Gasteiger partial charge on any atom is 0.296 e. The van der Waals surface area contributed by atoms with Crippen molar-refractivity contribution in [2.75, 3.05) is 12.4 Å². The van der Waals surface area contributed by atoms with Crippen LogP contribution in [0.15, 0.2) is 75.8 Å². The smallest absolute Gasteiger partial charge is 0.296 e. The quantitative estimate of drug-likeness (QED) is 0.170. The third-order valence-corrected chi connectivity index (χ3v) is 7.24. The van der Waals surface area contributed by atoms with Gasteiger partial charge >= 0.3 is 0 Å². The Morgan fingerprint density at radius 2 is 1.76 bits per heavy atom. The summed E-state index contributed by atoms with van der Waals surface area (Å²) in [5.41, 5.74) is 0.730. The second-order valence-corrected chi connectivity index (χ2v) is 10.0. The van der Waals surface area contributed by atoms with Crippen molar-refractivity contribution in [3.05, 3.63) is 81.8 Å². The molecule has 0 atom stereocenters. The van der Waals surface area contributed by atoms with Crippen LogP contribution in [0.5, 0.6) is 11.5 Å². The van der Waals surface area contributed by atoms with Crippen LogP contribution >= 0.6 is 23.2 Å². The number of nitrogens with zero attached hydrogens (tertiary/aromatic N) is 2. The van der Waals surface area contributed by atoms with Crippen molar-refractivity contribution in [3.8, 4) is 11.5 Å². The highest BCUT2D eigenvalue weighted by Gasteiger charge is 2.21. The van der Waals surface area contributed by atoms with Gasteiger partial charge in [-0.15, -0.1) is 5.11 Å². The lowest BCUT2D eigenvalue weighted by atomic mass is 10.0. The van der Waals surface area contributed by atoms with Crippen molar-refractivity contribution >= 4 is 67.1 Å². The third-order valence-electron chi connectivity index (χ3n) is 5.51. The second kappa shape index (κ2) is 10.3. The molecule has 4 rings (SSSR count). The Balaban J connectivity index is 1.79.